The topological polar surface area (TPSA) is 69.2 Å². The summed E-state index contributed by atoms with van der Waals surface area (Å²) in [5, 5.41) is 0.684. The van der Waals surface area contributed by atoms with Crippen LogP contribution in [-0.4, -0.2) is 42.3 Å². The summed E-state index contributed by atoms with van der Waals surface area (Å²) in [5.41, 5.74) is 2.69. The molecular weight excluding hydrogens is 332 g/mol. The van der Waals surface area contributed by atoms with Crippen LogP contribution in [0.3, 0.4) is 0 Å². The highest BCUT2D eigenvalue weighted by atomic mass is 32.2. The molecule has 0 radical (unpaired) electrons. The average molecular weight is 350 g/mol. The third kappa shape index (κ3) is 4.03. The number of aromatic nitrogens is 2. The van der Waals surface area contributed by atoms with Crippen molar-refractivity contribution in [2.75, 3.05) is 18.6 Å². The van der Waals surface area contributed by atoms with E-state index in [-0.39, 0.29) is 16.8 Å². The van der Waals surface area contributed by atoms with Gasteiger partial charge in [0.05, 0.1) is 24.3 Å². The fourth-order valence-electron chi connectivity index (χ4n) is 2.51. The van der Waals surface area contributed by atoms with Crippen LogP contribution in [0.15, 0.2) is 35.5 Å². The van der Waals surface area contributed by atoms with E-state index in [9.17, 15) is 8.42 Å². The summed E-state index contributed by atoms with van der Waals surface area (Å²) in [6.07, 6.45) is 0.669. The van der Waals surface area contributed by atoms with Crippen LogP contribution < -0.4 is 4.74 Å². The molecule has 1 atom stereocenters. The Kier molecular flexibility index (Phi) is 4.59. The maximum atomic E-state index is 11.6. The third-order valence-corrected chi connectivity index (χ3v) is 6.79. The largest absolute Gasteiger partial charge is 0.497 e. The molecule has 0 aliphatic carbocycles. The van der Waals surface area contributed by atoms with Gasteiger partial charge in [0.15, 0.2) is 15.0 Å². The number of benzene rings is 1. The number of hydrogen-bond donors (Lipinski definition) is 0. The lowest BCUT2D eigenvalue weighted by Crippen LogP contribution is -2.07. The first-order chi connectivity index (χ1) is 10.9. The summed E-state index contributed by atoms with van der Waals surface area (Å²) in [6, 6.07) is 9.62. The zero-order valence-electron chi connectivity index (χ0n) is 13.0. The molecule has 1 saturated heterocycles. The Hall–Kier alpha value is -1.60. The summed E-state index contributed by atoms with van der Waals surface area (Å²) in [6.45, 7) is 1.92. The lowest BCUT2D eigenvalue weighted by atomic mass is 10.1. The van der Waals surface area contributed by atoms with Gasteiger partial charge in [-0.3, -0.25) is 0 Å². The normalized spacial score (nSPS) is 19.7. The molecule has 2 aromatic rings. The zero-order chi connectivity index (χ0) is 16.4. The number of rotatable bonds is 4. The van der Waals surface area contributed by atoms with Crippen molar-refractivity contribution in [3.05, 3.63) is 36.0 Å². The van der Waals surface area contributed by atoms with Crippen LogP contribution in [0.4, 0.5) is 0 Å². The molecule has 2 heterocycles. The number of aryl methyl sites for hydroxylation is 1. The number of ether oxygens (including phenoxy) is 1. The van der Waals surface area contributed by atoms with E-state index in [1.807, 2.05) is 37.3 Å². The minimum atomic E-state index is -2.89. The van der Waals surface area contributed by atoms with Crippen molar-refractivity contribution in [3.8, 4) is 17.0 Å². The van der Waals surface area contributed by atoms with E-state index in [0.29, 0.717) is 11.6 Å². The molecule has 1 aliphatic rings. The third-order valence-electron chi connectivity index (χ3n) is 3.68. The molecular formula is C16H18N2O3S2. The molecule has 0 N–H and O–H groups in total. The summed E-state index contributed by atoms with van der Waals surface area (Å²) < 4.78 is 28.3. The van der Waals surface area contributed by atoms with Crippen LogP contribution in [0.1, 0.15) is 12.1 Å². The molecule has 3 rings (SSSR count). The number of nitrogens with zero attached hydrogens (tertiary/aromatic N) is 2. The zero-order valence-corrected chi connectivity index (χ0v) is 14.7. The number of methoxy groups -OCH3 is 1. The van der Waals surface area contributed by atoms with E-state index in [2.05, 4.69) is 9.97 Å². The van der Waals surface area contributed by atoms with E-state index in [4.69, 9.17) is 4.74 Å². The number of thioether (sulfide) groups is 1. The Bertz CT molecular complexity index is 805. The minimum absolute atomic E-state index is 0.0468. The van der Waals surface area contributed by atoms with Crippen molar-refractivity contribution in [2.45, 2.75) is 23.8 Å². The second-order valence-corrected chi connectivity index (χ2v) is 9.04. The first-order valence-electron chi connectivity index (χ1n) is 7.32. The fraction of sp³-hybridized carbons (Fsp3) is 0.375. The van der Waals surface area contributed by atoms with Gasteiger partial charge in [0, 0.05) is 16.5 Å². The Morgan fingerprint density at radius 2 is 1.96 bits per heavy atom. The maximum absolute atomic E-state index is 11.6. The molecule has 0 bridgehead atoms. The summed E-state index contributed by atoms with van der Waals surface area (Å²) in [4.78, 5) is 9.02. The van der Waals surface area contributed by atoms with Crippen molar-refractivity contribution in [1.29, 1.82) is 0 Å². The van der Waals surface area contributed by atoms with Gasteiger partial charge in [-0.1, -0.05) is 11.8 Å². The van der Waals surface area contributed by atoms with E-state index in [0.717, 1.165) is 22.7 Å². The molecule has 0 amide bonds. The Labute approximate surface area is 140 Å². The van der Waals surface area contributed by atoms with Gasteiger partial charge < -0.3 is 4.74 Å². The summed E-state index contributed by atoms with van der Waals surface area (Å²) >= 11 is 1.46. The average Bonchev–Trinajstić information content (AvgIpc) is 2.85. The molecule has 1 aliphatic heterocycles. The summed E-state index contributed by atoms with van der Waals surface area (Å²) in [5.74, 6) is 1.28. The van der Waals surface area contributed by atoms with Crippen molar-refractivity contribution in [2.24, 2.45) is 0 Å². The highest BCUT2D eigenvalue weighted by molar-refractivity contribution is 8.01. The van der Waals surface area contributed by atoms with Crippen LogP contribution in [-0.2, 0) is 9.84 Å². The quantitative estimate of drug-likeness (QED) is 0.790. The van der Waals surface area contributed by atoms with Crippen LogP contribution in [0.2, 0.25) is 0 Å². The molecule has 122 valence electrons. The maximum Gasteiger partial charge on any atom is 0.188 e. The van der Waals surface area contributed by atoms with Gasteiger partial charge in [0.25, 0.3) is 0 Å². The highest BCUT2D eigenvalue weighted by Crippen LogP contribution is 2.30. The van der Waals surface area contributed by atoms with Gasteiger partial charge in [0.1, 0.15) is 5.75 Å². The standard InChI is InChI=1S/C16H18N2O3S2/c1-11-9-15(12-3-5-13(21-2)6-4-12)18-16(17-11)22-14-7-8-23(19,20)10-14/h3-6,9,14H,7-8,10H2,1-2H3. The highest BCUT2D eigenvalue weighted by Gasteiger charge is 2.29. The van der Waals surface area contributed by atoms with E-state index >= 15 is 0 Å². The molecule has 23 heavy (non-hydrogen) atoms. The fourth-order valence-corrected chi connectivity index (χ4v) is 5.97. The van der Waals surface area contributed by atoms with Crippen LogP contribution in [0.25, 0.3) is 11.3 Å². The molecule has 1 aromatic heterocycles. The first kappa shape index (κ1) is 16.3. The van der Waals surface area contributed by atoms with E-state index in [1.54, 1.807) is 7.11 Å². The molecule has 1 aromatic carbocycles. The Morgan fingerprint density at radius 3 is 2.57 bits per heavy atom. The number of sulfone groups is 1. The van der Waals surface area contributed by atoms with Crippen molar-refractivity contribution < 1.29 is 13.2 Å². The van der Waals surface area contributed by atoms with Gasteiger partial charge in [-0.25, -0.2) is 18.4 Å². The SMILES string of the molecule is COc1ccc(-c2cc(C)nc(SC3CCS(=O)(=O)C3)n2)cc1. The van der Waals surface area contributed by atoms with Gasteiger partial charge >= 0.3 is 0 Å². The second kappa shape index (κ2) is 6.49. The van der Waals surface area contributed by atoms with Crippen LogP contribution in [0.5, 0.6) is 5.75 Å². The van der Waals surface area contributed by atoms with Crippen molar-refractivity contribution in [3.63, 3.8) is 0 Å². The lowest BCUT2D eigenvalue weighted by Gasteiger charge is -2.09. The molecule has 0 saturated carbocycles. The van der Waals surface area contributed by atoms with Gasteiger partial charge in [-0.05, 0) is 43.7 Å². The molecule has 5 nitrogen and oxygen atoms in total. The summed E-state index contributed by atoms with van der Waals surface area (Å²) in [7, 11) is -1.25. The van der Waals surface area contributed by atoms with E-state index in [1.165, 1.54) is 11.8 Å². The number of hydrogen-bond acceptors (Lipinski definition) is 6. The van der Waals surface area contributed by atoms with Crippen molar-refractivity contribution >= 4 is 21.6 Å². The van der Waals surface area contributed by atoms with Gasteiger partial charge in [-0.2, -0.15) is 0 Å². The Balaban J connectivity index is 1.84. The first-order valence-corrected chi connectivity index (χ1v) is 10.0. The van der Waals surface area contributed by atoms with Gasteiger partial charge in [0.2, 0.25) is 0 Å². The minimum Gasteiger partial charge on any atom is -0.497 e. The molecule has 0 spiro atoms. The predicted octanol–water partition coefficient (Wildman–Crippen LogP) is 2.74. The monoisotopic (exact) mass is 350 g/mol. The second-order valence-electron chi connectivity index (χ2n) is 5.55. The van der Waals surface area contributed by atoms with E-state index < -0.39 is 9.84 Å². The van der Waals surface area contributed by atoms with Gasteiger partial charge in [-0.15, -0.1) is 0 Å². The smallest absolute Gasteiger partial charge is 0.188 e. The molecule has 7 heteroatoms. The predicted molar refractivity (Wildman–Crippen MR) is 91.7 cm³/mol. The van der Waals surface area contributed by atoms with Crippen LogP contribution >= 0.6 is 11.8 Å². The molecule has 1 fully saturated rings. The van der Waals surface area contributed by atoms with Crippen molar-refractivity contribution in [1.82, 2.24) is 9.97 Å². The Morgan fingerprint density at radius 1 is 1.22 bits per heavy atom. The lowest BCUT2D eigenvalue weighted by molar-refractivity contribution is 0.415. The molecule has 1 unspecified atom stereocenters. The van der Waals surface area contributed by atoms with Crippen LogP contribution in [0, 0.1) is 6.92 Å².